The maximum atomic E-state index is 13.0. The van der Waals surface area contributed by atoms with Gasteiger partial charge in [0.15, 0.2) is 0 Å². The summed E-state index contributed by atoms with van der Waals surface area (Å²) in [6.45, 7) is 6.19. The fourth-order valence-corrected chi connectivity index (χ4v) is 3.40. The van der Waals surface area contributed by atoms with Gasteiger partial charge in [-0.15, -0.1) is 0 Å². The number of aromatic nitrogens is 2. The summed E-state index contributed by atoms with van der Waals surface area (Å²) in [4.78, 5) is 18.8. The zero-order chi connectivity index (χ0) is 19.9. The minimum absolute atomic E-state index is 0.00873. The lowest BCUT2D eigenvalue weighted by molar-refractivity contribution is -0.130. The lowest BCUT2D eigenvalue weighted by Gasteiger charge is -2.22. The second-order valence-corrected chi connectivity index (χ2v) is 6.41. The van der Waals surface area contributed by atoms with Crippen LogP contribution >= 0.6 is 0 Å². The van der Waals surface area contributed by atoms with Crippen LogP contribution in [0.2, 0.25) is 0 Å². The Labute approximate surface area is 161 Å². The number of likely N-dealkylation sites (N-methyl/N-ethyl adjacent to an activating group) is 1. The van der Waals surface area contributed by atoms with Crippen molar-refractivity contribution < 1.29 is 19.2 Å². The highest BCUT2D eigenvalue weighted by molar-refractivity contribution is 6.13. The first kappa shape index (κ1) is 17.9. The van der Waals surface area contributed by atoms with E-state index in [0.717, 1.165) is 0 Å². The third kappa shape index (κ3) is 2.51. The van der Waals surface area contributed by atoms with Crippen molar-refractivity contribution in [3.05, 3.63) is 66.6 Å². The summed E-state index contributed by atoms with van der Waals surface area (Å²) in [7, 11) is 1.59. The van der Waals surface area contributed by atoms with Crippen molar-refractivity contribution in [1.82, 2.24) is 10.1 Å². The molecule has 0 saturated carbocycles. The number of anilines is 1. The van der Waals surface area contributed by atoms with E-state index in [0.29, 0.717) is 34.9 Å². The molecule has 1 aliphatic heterocycles. The van der Waals surface area contributed by atoms with Crippen molar-refractivity contribution in [2.75, 3.05) is 18.6 Å². The van der Waals surface area contributed by atoms with Crippen LogP contribution in [0.3, 0.4) is 0 Å². The van der Waals surface area contributed by atoms with Gasteiger partial charge in [0, 0.05) is 17.7 Å². The molecule has 1 atom stereocenters. The van der Waals surface area contributed by atoms with Crippen molar-refractivity contribution in [1.29, 1.82) is 0 Å². The normalized spacial score (nSPS) is 18.2. The van der Waals surface area contributed by atoms with Gasteiger partial charge in [-0.25, -0.2) is 0 Å². The molecule has 1 unspecified atom stereocenters. The number of carbonyl (C=O) groups is 1. The smallest absolute Gasteiger partial charge is 0.268 e. The molecule has 0 saturated heterocycles. The predicted octanol–water partition coefficient (Wildman–Crippen LogP) is 3.01. The van der Waals surface area contributed by atoms with Gasteiger partial charge in [0.2, 0.25) is 11.4 Å². The van der Waals surface area contributed by atoms with E-state index < -0.39 is 11.5 Å². The molecule has 1 amide bonds. The molecule has 1 N–H and O–H groups in total. The average molecular weight is 377 g/mol. The Morgan fingerprint density at radius 1 is 1.25 bits per heavy atom. The van der Waals surface area contributed by atoms with Crippen LogP contribution < -0.4 is 9.64 Å². The summed E-state index contributed by atoms with van der Waals surface area (Å²) in [5, 5.41) is 15.3. The SMILES string of the molecule is C=C(c1nc(-c2ccc(OC)cc2)no1)C1(O)C(=O)N(CC)c2ccccc21. The van der Waals surface area contributed by atoms with E-state index in [-0.39, 0.29) is 11.5 Å². The van der Waals surface area contributed by atoms with E-state index >= 15 is 0 Å². The Hall–Kier alpha value is -3.45. The standard InChI is InChI=1S/C21H19N3O4/c1-4-24-17-8-6-5-7-16(17)21(26,20(24)25)13(2)19-22-18(23-28-19)14-9-11-15(27-3)12-10-14/h5-12,26H,2,4H2,1,3H3. The molecule has 7 nitrogen and oxygen atoms in total. The molecule has 0 bridgehead atoms. The van der Waals surface area contributed by atoms with Gasteiger partial charge in [0.1, 0.15) is 5.75 Å². The molecule has 3 aromatic rings. The highest BCUT2D eigenvalue weighted by atomic mass is 16.5. The summed E-state index contributed by atoms with van der Waals surface area (Å²) in [6.07, 6.45) is 0. The number of carbonyl (C=O) groups excluding carboxylic acids is 1. The Kier molecular flexibility index (Phi) is 4.24. The fourth-order valence-electron chi connectivity index (χ4n) is 3.40. The summed E-state index contributed by atoms with van der Waals surface area (Å²) in [5.74, 6) is 0.562. The lowest BCUT2D eigenvalue weighted by Crippen LogP contribution is -2.41. The van der Waals surface area contributed by atoms with Gasteiger partial charge >= 0.3 is 0 Å². The molecule has 28 heavy (non-hydrogen) atoms. The number of aliphatic hydroxyl groups is 1. The number of amides is 1. The highest BCUT2D eigenvalue weighted by Gasteiger charge is 2.52. The van der Waals surface area contributed by atoms with Crippen molar-refractivity contribution in [2.45, 2.75) is 12.5 Å². The number of hydrogen-bond donors (Lipinski definition) is 1. The number of nitrogens with zero attached hydrogens (tertiary/aromatic N) is 3. The van der Waals surface area contributed by atoms with E-state index in [1.165, 1.54) is 4.90 Å². The Balaban J connectivity index is 1.72. The van der Waals surface area contributed by atoms with E-state index in [1.807, 2.05) is 13.0 Å². The fraction of sp³-hybridized carbons (Fsp3) is 0.190. The lowest BCUT2D eigenvalue weighted by atomic mass is 9.88. The van der Waals surface area contributed by atoms with E-state index in [1.54, 1.807) is 49.6 Å². The Bertz CT molecular complexity index is 1060. The molecule has 1 aromatic heterocycles. The van der Waals surface area contributed by atoms with E-state index in [9.17, 15) is 9.90 Å². The van der Waals surface area contributed by atoms with Crippen molar-refractivity contribution in [3.8, 4) is 17.1 Å². The van der Waals surface area contributed by atoms with Crippen molar-refractivity contribution in [2.24, 2.45) is 0 Å². The van der Waals surface area contributed by atoms with Gasteiger partial charge in [0.25, 0.3) is 11.8 Å². The van der Waals surface area contributed by atoms with Gasteiger partial charge in [-0.05, 0) is 37.3 Å². The van der Waals surface area contributed by atoms with Crippen LogP contribution in [0, 0.1) is 0 Å². The van der Waals surface area contributed by atoms with Gasteiger partial charge in [-0.3, -0.25) is 4.79 Å². The number of benzene rings is 2. The molecule has 0 radical (unpaired) electrons. The van der Waals surface area contributed by atoms with E-state index in [4.69, 9.17) is 9.26 Å². The zero-order valence-electron chi connectivity index (χ0n) is 15.5. The Morgan fingerprint density at radius 2 is 1.96 bits per heavy atom. The number of rotatable bonds is 5. The highest BCUT2D eigenvalue weighted by Crippen LogP contribution is 2.46. The number of hydrogen-bond acceptors (Lipinski definition) is 6. The minimum atomic E-state index is -1.95. The van der Waals surface area contributed by atoms with Crippen LogP contribution in [0.15, 0.2) is 59.6 Å². The number of para-hydroxylation sites is 1. The first-order chi connectivity index (χ1) is 13.5. The molecule has 0 aliphatic carbocycles. The summed E-state index contributed by atoms with van der Waals surface area (Å²) in [5.41, 5.74) is -0.0854. The topological polar surface area (TPSA) is 88.7 Å². The second-order valence-electron chi connectivity index (χ2n) is 6.41. The maximum Gasteiger partial charge on any atom is 0.268 e. The summed E-state index contributed by atoms with van der Waals surface area (Å²) >= 11 is 0. The monoisotopic (exact) mass is 377 g/mol. The van der Waals surface area contributed by atoms with Crippen molar-refractivity contribution in [3.63, 3.8) is 0 Å². The van der Waals surface area contributed by atoms with Gasteiger partial charge in [-0.1, -0.05) is 29.9 Å². The van der Waals surface area contributed by atoms with Gasteiger partial charge < -0.3 is 19.3 Å². The number of ether oxygens (including phenoxy) is 1. The molecule has 1 aliphatic rings. The van der Waals surface area contributed by atoms with Gasteiger partial charge in [0.05, 0.1) is 18.4 Å². The third-order valence-electron chi connectivity index (χ3n) is 4.92. The third-order valence-corrected chi connectivity index (χ3v) is 4.92. The van der Waals surface area contributed by atoms with Crippen LogP contribution in [0.5, 0.6) is 5.75 Å². The van der Waals surface area contributed by atoms with Gasteiger partial charge in [-0.2, -0.15) is 4.98 Å². The first-order valence-corrected chi connectivity index (χ1v) is 8.82. The molecule has 142 valence electrons. The van der Waals surface area contributed by atoms with Crippen LogP contribution in [0.1, 0.15) is 18.4 Å². The van der Waals surface area contributed by atoms with Crippen molar-refractivity contribution >= 4 is 17.2 Å². The molecular weight excluding hydrogens is 358 g/mol. The predicted molar refractivity (Wildman–Crippen MR) is 104 cm³/mol. The molecule has 7 heteroatoms. The number of fused-ring (bicyclic) bond motifs is 1. The Morgan fingerprint density at radius 3 is 2.64 bits per heavy atom. The number of methoxy groups -OCH3 is 1. The van der Waals surface area contributed by atoms with Crippen LogP contribution in [0.25, 0.3) is 17.0 Å². The maximum absolute atomic E-state index is 13.0. The molecule has 2 heterocycles. The molecule has 2 aromatic carbocycles. The minimum Gasteiger partial charge on any atom is -0.497 e. The molecule has 0 spiro atoms. The largest absolute Gasteiger partial charge is 0.497 e. The quantitative estimate of drug-likeness (QED) is 0.735. The average Bonchev–Trinajstić information content (AvgIpc) is 3.31. The second kappa shape index (κ2) is 6.61. The molecular formula is C21H19N3O4. The zero-order valence-corrected chi connectivity index (χ0v) is 15.5. The van der Waals surface area contributed by atoms with Crippen LogP contribution in [0.4, 0.5) is 5.69 Å². The summed E-state index contributed by atoms with van der Waals surface area (Å²) in [6, 6.07) is 14.2. The first-order valence-electron chi connectivity index (χ1n) is 8.82. The molecule has 0 fully saturated rings. The summed E-state index contributed by atoms with van der Waals surface area (Å²) < 4.78 is 10.5. The van der Waals surface area contributed by atoms with Crippen LogP contribution in [-0.2, 0) is 10.4 Å². The molecule has 4 rings (SSSR count). The van der Waals surface area contributed by atoms with E-state index in [2.05, 4.69) is 16.7 Å². The van der Waals surface area contributed by atoms with Crippen LogP contribution in [-0.4, -0.2) is 34.8 Å².